The molecule has 3 nitrogen and oxygen atoms in total. The van der Waals surface area contributed by atoms with E-state index in [2.05, 4.69) is 24.4 Å². The Hall–Kier alpha value is -1.35. The number of aryl methyl sites for hydroxylation is 2. The van der Waals surface area contributed by atoms with E-state index >= 15 is 0 Å². The molecular formula is C15H22N2O. The maximum absolute atomic E-state index is 11.9. The van der Waals surface area contributed by atoms with Gasteiger partial charge in [-0.15, -0.1) is 0 Å². The van der Waals surface area contributed by atoms with Crippen LogP contribution in [-0.4, -0.2) is 18.0 Å². The lowest BCUT2D eigenvalue weighted by molar-refractivity contribution is -0.123. The second-order valence-corrected chi connectivity index (χ2v) is 5.31. The minimum atomic E-state index is -0.0944. The fourth-order valence-corrected chi connectivity index (χ4v) is 2.48. The molecule has 0 aromatic heterocycles. The van der Waals surface area contributed by atoms with E-state index in [1.54, 1.807) is 0 Å². The van der Waals surface area contributed by atoms with Crippen molar-refractivity contribution in [3.63, 3.8) is 0 Å². The Morgan fingerprint density at radius 2 is 2.11 bits per heavy atom. The van der Waals surface area contributed by atoms with E-state index in [-0.39, 0.29) is 11.4 Å². The summed E-state index contributed by atoms with van der Waals surface area (Å²) in [6, 6.07) is 8.22. The van der Waals surface area contributed by atoms with Gasteiger partial charge in [-0.1, -0.05) is 24.3 Å². The van der Waals surface area contributed by atoms with Crippen molar-refractivity contribution in [1.29, 1.82) is 0 Å². The van der Waals surface area contributed by atoms with E-state index in [9.17, 15) is 4.79 Å². The average molecular weight is 246 g/mol. The Morgan fingerprint density at radius 3 is 2.67 bits per heavy atom. The molecule has 0 aliphatic heterocycles. The summed E-state index contributed by atoms with van der Waals surface area (Å²) in [7, 11) is 0. The number of nitrogens with one attached hydrogen (secondary N) is 1. The molecule has 1 amide bonds. The number of amides is 1. The lowest BCUT2D eigenvalue weighted by Crippen LogP contribution is -2.58. The molecule has 3 N–H and O–H groups in total. The smallest absolute Gasteiger partial charge is 0.220 e. The molecule has 1 aromatic rings. The quantitative estimate of drug-likeness (QED) is 0.834. The summed E-state index contributed by atoms with van der Waals surface area (Å²) >= 11 is 0. The number of rotatable bonds is 5. The largest absolute Gasteiger partial charge is 0.349 e. The number of carbonyl (C=O) groups is 1. The highest BCUT2D eigenvalue weighted by Gasteiger charge is 2.36. The molecule has 0 spiro atoms. The van der Waals surface area contributed by atoms with Crippen LogP contribution in [0, 0.1) is 6.92 Å². The van der Waals surface area contributed by atoms with Gasteiger partial charge in [-0.05, 0) is 43.7 Å². The monoisotopic (exact) mass is 246 g/mol. The summed E-state index contributed by atoms with van der Waals surface area (Å²) in [4.78, 5) is 11.9. The fraction of sp³-hybridized carbons (Fsp3) is 0.533. The third kappa shape index (κ3) is 2.91. The van der Waals surface area contributed by atoms with Gasteiger partial charge in [-0.25, -0.2) is 0 Å². The molecule has 1 aromatic carbocycles. The molecule has 0 heterocycles. The number of carbonyl (C=O) groups excluding carboxylic acids is 1. The summed E-state index contributed by atoms with van der Waals surface area (Å²) in [6.07, 6.45) is 4.58. The first kappa shape index (κ1) is 13.1. The predicted molar refractivity (Wildman–Crippen MR) is 73.3 cm³/mol. The molecule has 0 bridgehead atoms. The van der Waals surface area contributed by atoms with Crippen LogP contribution in [0.4, 0.5) is 0 Å². The van der Waals surface area contributed by atoms with E-state index in [0.717, 1.165) is 19.3 Å². The summed E-state index contributed by atoms with van der Waals surface area (Å²) in [6.45, 7) is 2.64. The number of nitrogens with two attached hydrogens (primary N) is 1. The fourth-order valence-electron chi connectivity index (χ4n) is 2.48. The summed E-state index contributed by atoms with van der Waals surface area (Å²) in [5.74, 6) is 0.128. The second-order valence-electron chi connectivity index (χ2n) is 5.31. The van der Waals surface area contributed by atoms with Crippen molar-refractivity contribution in [3.05, 3.63) is 35.4 Å². The predicted octanol–water partition coefficient (Wildman–Crippen LogP) is 1.93. The Morgan fingerprint density at radius 1 is 1.39 bits per heavy atom. The highest BCUT2D eigenvalue weighted by atomic mass is 16.1. The zero-order chi connectivity index (χ0) is 13.0. The van der Waals surface area contributed by atoms with Gasteiger partial charge in [-0.3, -0.25) is 4.79 Å². The van der Waals surface area contributed by atoms with Crippen LogP contribution >= 0.6 is 0 Å². The average Bonchev–Trinajstić information content (AvgIpc) is 2.33. The topological polar surface area (TPSA) is 55.1 Å². The van der Waals surface area contributed by atoms with Crippen LogP contribution in [0.3, 0.4) is 0 Å². The SMILES string of the molecule is Cc1ccccc1CCC(=O)NC1(CN)CCC1. The summed E-state index contributed by atoms with van der Waals surface area (Å²) < 4.78 is 0. The van der Waals surface area contributed by atoms with E-state index in [1.165, 1.54) is 17.5 Å². The molecule has 3 heteroatoms. The van der Waals surface area contributed by atoms with Crippen LogP contribution in [-0.2, 0) is 11.2 Å². The molecule has 1 aliphatic rings. The first-order valence-corrected chi connectivity index (χ1v) is 6.71. The van der Waals surface area contributed by atoms with E-state index < -0.39 is 0 Å². The molecule has 18 heavy (non-hydrogen) atoms. The van der Waals surface area contributed by atoms with Crippen molar-refractivity contribution in [2.75, 3.05) is 6.54 Å². The highest BCUT2D eigenvalue weighted by molar-refractivity contribution is 5.77. The van der Waals surface area contributed by atoms with Gasteiger partial charge in [0.2, 0.25) is 5.91 Å². The van der Waals surface area contributed by atoms with E-state index in [0.29, 0.717) is 13.0 Å². The minimum absolute atomic E-state index is 0.0944. The van der Waals surface area contributed by atoms with Crippen LogP contribution < -0.4 is 11.1 Å². The van der Waals surface area contributed by atoms with Gasteiger partial charge in [0.05, 0.1) is 5.54 Å². The molecule has 0 unspecified atom stereocenters. The zero-order valence-electron chi connectivity index (χ0n) is 11.0. The molecule has 1 saturated carbocycles. The standard InChI is InChI=1S/C15H22N2O/c1-12-5-2-3-6-13(12)7-8-14(18)17-15(11-16)9-4-10-15/h2-3,5-6H,4,7-11,16H2,1H3,(H,17,18). The Balaban J connectivity index is 1.83. The molecule has 0 atom stereocenters. The van der Waals surface area contributed by atoms with Crippen molar-refractivity contribution >= 4 is 5.91 Å². The van der Waals surface area contributed by atoms with Gasteiger partial charge in [0.25, 0.3) is 0 Å². The van der Waals surface area contributed by atoms with Gasteiger partial charge < -0.3 is 11.1 Å². The molecule has 1 fully saturated rings. The van der Waals surface area contributed by atoms with Crippen molar-refractivity contribution < 1.29 is 4.79 Å². The Kier molecular flexibility index (Phi) is 4.02. The number of hydrogen-bond acceptors (Lipinski definition) is 2. The highest BCUT2D eigenvalue weighted by Crippen LogP contribution is 2.30. The van der Waals surface area contributed by atoms with Crippen LogP contribution in [0.5, 0.6) is 0 Å². The second kappa shape index (κ2) is 5.53. The van der Waals surface area contributed by atoms with Gasteiger partial charge in [0.1, 0.15) is 0 Å². The molecule has 0 saturated heterocycles. The summed E-state index contributed by atoms with van der Waals surface area (Å²) in [5, 5.41) is 3.11. The lowest BCUT2D eigenvalue weighted by Gasteiger charge is -2.41. The van der Waals surface area contributed by atoms with Crippen molar-refractivity contribution in [1.82, 2.24) is 5.32 Å². The maximum atomic E-state index is 11.9. The number of hydrogen-bond donors (Lipinski definition) is 2. The maximum Gasteiger partial charge on any atom is 0.220 e. The van der Waals surface area contributed by atoms with Gasteiger partial charge in [0.15, 0.2) is 0 Å². The van der Waals surface area contributed by atoms with E-state index in [4.69, 9.17) is 5.73 Å². The van der Waals surface area contributed by atoms with Gasteiger partial charge in [-0.2, -0.15) is 0 Å². The van der Waals surface area contributed by atoms with Gasteiger partial charge >= 0.3 is 0 Å². The minimum Gasteiger partial charge on any atom is -0.349 e. The normalized spacial score (nSPS) is 17.0. The zero-order valence-corrected chi connectivity index (χ0v) is 11.0. The third-order valence-electron chi connectivity index (χ3n) is 3.99. The number of benzene rings is 1. The molecule has 98 valence electrons. The van der Waals surface area contributed by atoms with Crippen LogP contribution in [0.1, 0.15) is 36.8 Å². The van der Waals surface area contributed by atoms with Crippen molar-refractivity contribution in [3.8, 4) is 0 Å². The Labute approximate surface area is 109 Å². The van der Waals surface area contributed by atoms with Crippen molar-refractivity contribution in [2.45, 2.75) is 44.6 Å². The molecule has 0 radical (unpaired) electrons. The molecule has 2 rings (SSSR count). The van der Waals surface area contributed by atoms with Crippen LogP contribution in [0.25, 0.3) is 0 Å². The van der Waals surface area contributed by atoms with Gasteiger partial charge in [0, 0.05) is 13.0 Å². The molecular weight excluding hydrogens is 224 g/mol. The first-order valence-electron chi connectivity index (χ1n) is 6.71. The van der Waals surface area contributed by atoms with E-state index in [1.807, 2.05) is 12.1 Å². The first-order chi connectivity index (χ1) is 8.65. The van der Waals surface area contributed by atoms with Crippen LogP contribution in [0.2, 0.25) is 0 Å². The molecule has 1 aliphatic carbocycles. The Bertz CT molecular complexity index is 419. The van der Waals surface area contributed by atoms with Crippen molar-refractivity contribution in [2.24, 2.45) is 5.73 Å². The van der Waals surface area contributed by atoms with Crippen LogP contribution in [0.15, 0.2) is 24.3 Å². The third-order valence-corrected chi connectivity index (χ3v) is 3.99. The lowest BCUT2D eigenvalue weighted by atomic mass is 9.76. The summed E-state index contributed by atoms with van der Waals surface area (Å²) in [5.41, 5.74) is 8.14.